The molecule has 0 aliphatic carbocycles. The van der Waals surface area contributed by atoms with E-state index in [9.17, 15) is 28.1 Å². The Kier molecular flexibility index (Phi) is 6.77. The van der Waals surface area contributed by atoms with Crippen molar-refractivity contribution < 1.29 is 32.1 Å². The van der Waals surface area contributed by atoms with Crippen molar-refractivity contribution in [1.82, 2.24) is 14.2 Å². The number of ether oxygens (including phenoxy) is 1. The summed E-state index contributed by atoms with van der Waals surface area (Å²) in [6.45, 7) is 2.68. The molecule has 0 saturated carbocycles. The maximum absolute atomic E-state index is 14.0. The highest BCUT2D eigenvalue weighted by atomic mass is 31.2. The molecular weight excluding hydrogens is 476 g/mol. The topological polar surface area (TPSA) is 87.9 Å². The predicted octanol–water partition coefficient (Wildman–Crippen LogP) is 4.57. The van der Waals surface area contributed by atoms with Crippen LogP contribution < -0.4 is 4.74 Å². The number of rotatable bonds is 9. The minimum Gasteiger partial charge on any atom is -0.450 e. The average molecular weight is 498 g/mol. The molecule has 0 bridgehead atoms. The van der Waals surface area contributed by atoms with Crippen molar-refractivity contribution in [2.45, 2.75) is 12.3 Å². The number of benzene rings is 2. The molecule has 2 saturated heterocycles. The molecule has 182 valence electrons. The van der Waals surface area contributed by atoms with Crippen molar-refractivity contribution in [3.8, 4) is 11.5 Å². The van der Waals surface area contributed by atoms with Gasteiger partial charge in [-0.1, -0.05) is 6.07 Å². The van der Waals surface area contributed by atoms with Gasteiger partial charge in [-0.05, 0) is 35.9 Å². The number of hydrogen-bond donors (Lipinski definition) is 0. The van der Waals surface area contributed by atoms with Gasteiger partial charge in [0.25, 0.3) is 5.91 Å². The molecule has 34 heavy (non-hydrogen) atoms. The molecule has 2 aromatic carbocycles. The van der Waals surface area contributed by atoms with E-state index in [1.807, 2.05) is 9.34 Å². The number of carbonyl (C=O) groups is 1. The molecule has 0 aromatic heterocycles. The second-order valence-corrected chi connectivity index (χ2v) is 9.85. The fourth-order valence-electron chi connectivity index (χ4n) is 3.15. The summed E-state index contributed by atoms with van der Waals surface area (Å²) in [5, 5.41) is 11.5. The number of hydrogen-bond acceptors (Lipinski definition) is 7. The highest BCUT2D eigenvalue weighted by Crippen LogP contribution is 2.58. The lowest BCUT2D eigenvalue weighted by Crippen LogP contribution is -2.24. The molecule has 0 radical (unpaired) electrons. The maximum Gasteiger partial charge on any atom is 0.419 e. The quantitative estimate of drug-likeness (QED) is 0.217. The van der Waals surface area contributed by atoms with Crippen molar-refractivity contribution in [1.29, 1.82) is 0 Å². The van der Waals surface area contributed by atoms with Crippen LogP contribution in [0.1, 0.15) is 22.0 Å². The summed E-state index contributed by atoms with van der Waals surface area (Å²) in [6, 6.07) is 8.87. The van der Waals surface area contributed by atoms with Crippen LogP contribution in [0.3, 0.4) is 0 Å². The Bertz CT molecular complexity index is 1080. The van der Waals surface area contributed by atoms with Crippen molar-refractivity contribution in [2.24, 2.45) is 0 Å². The summed E-state index contributed by atoms with van der Waals surface area (Å²) in [5.41, 5.74) is -0.543. The molecule has 1 atom stereocenters. The normalized spacial score (nSPS) is 16.9. The van der Waals surface area contributed by atoms with Crippen LogP contribution in [0.15, 0.2) is 42.5 Å². The van der Waals surface area contributed by atoms with Crippen LogP contribution in [0.2, 0.25) is 0 Å². The van der Waals surface area contributed by atoms with Gasteiger partial charge in [-0.3, -0.25) is 14.9 Å². The van der Waals surface area contributed by atoms with E-state index in [4.69, 9.17) is 9.26 Å². The van der Waals surface area contributed by atoms with Crippen LogP contribution in [0.5, 0.6) is 11.5 Å². The highest BCUT2D eigenvalue weighted by Gasteiger charge is 2.49. The van der Waals surface area contributed by atoms with E-state index in [0.29, 0.717) is 26.2 Å². The van der Waals surface area contributed by atoms with E-state index in [1.165, 1.54) is 29.2 Å². The predicted molar refractivity (Wildman–Crippen MR) is 118 cm³/mol. The summed E-state index contributed by atoms with van der Waals surface area (Å²) in [4.78, 5) is 24.3. The molecule has 2 fully saturated rings. The summed E-state index contributed by atoms with van der Waals surface area (Å²) >= 11 is 0. The summed E-state index contributed by atoms with van der Waals surface area (Å²) in [7, 11) is 1.57. The molecule has 0 spiro atoms. The molecular formula is C21H22F3N4O5P. The Labute approximate surface area is 194 Å². The zero-order valence-corrected chi connectivity index (χ0v) is 19.3. The van der Waals surface area contributed by atoms with Gasteiger partial charge in [0.05, 0.1) is 4.92 Å². The Morgan fingerprint density at radius 2 is 1.76 bits per heavy atom. The van der Waals surface area contributed by atoms with Crippen molar-refractivity contribution in [2.75, 3.05) is 40.3 Å². The van der Waals surface area contributed by atoms with Crippen LogP contribution in [-0.4, -0.2) is 71.5 Å². The summed E-state index contributed by atoms with van der Waals surface area (Å²) < 4.78 is 56.8. The van der Waals surface area contributed by atoms with Gasteiger partial charge in [0.1, 0.15) is 5.75 Å². The van der Waals surface area contributed by atoms with Crippen molar-refractivity contribution in [3.63, 3.8) is 0 Å². The first-order chi connectivity index (χ1) is 16.0. The number of carbonyl (C=O) groups excluding carboxylic acids is 1. The third-order valence-electron chi connectivity index (χ3n) is 5.03. The standard InChI is InChI=1S/C21H22F3N4O5P/c1-25(2)20(29)15-4-3-5-16(12-15)32-18-13-14(6-7-17(18)28(30)31)19(21(22,23)24)33-34(26-8-9-26)27-10-11-27/h3-7,12-13,19H,8-11H2,1-2H3. The zero-order valence-electron chi connectivity index (χ0n) is 18.4. The van der Waals surface area contributed by atoms with Gasteiger partial charge in [0.15, 0.2) is 14.6 Å². The highest BCUT2D eigenvalue weighted by molar-refractivity contribution is 7.48. The molecule has 9 nitrogen and oxygen atoms in total. The first kappa shape index (κ1) is 24.3. The number of amides is 1. The Morgan fingerprint density at radius 3 is 2.29 bits per heavy atom. The second kappa shape index (κ2) is 9.46. The Morgan fingerprint density at radius 1 is 1.12 bits per heavy atom. The second-order valence-electron chi connectivity index (χ2n) is 8.00. The Hall–Kier alpha value is -2.79. The number of alkyl halides is 3. The summed E-state index contributed by atoms with van der Waals surface area (Å²) in [6.07, 6.45) is -7.01. The molecule has 2 aromatic rings. The van der Waals surface area contributed by atoms with Gasteiger partial charge in [0.2, 0.25) is 5.75 Å². The van der Waals surface area contributed by atoms with Crippen LogP contribution in [0, 0.1) is 10.1 Å². The van der Waals surface area contributed by atoms with Gasteiger partial charge >= 0.3 is 11.9 Å². The third kappa shape index (κ3) is 5.64. The van der Waals surface area contributed by atoms with Crippen LogP contribution >= 0.6 is 8.45 Å². The van der Waals surface area contributed by atoms with Crippen molar-refractivity contribution in [3.05, 3.63) is 63.7 Å². The first-order valence-corrected chi connectivity index (χ1v) is 11.5. The van der Waals surface area contributed by atoms with E-state index in [2.05, 4.69) is 0 Å². The zero-order chi connectivity index (χ0) is 24.6. The van der Waals surface area contributed by atoms with Gasteiger partial charge in [-0.25, -0.2) is 9.34 Å². The fourth-order valence-corrected chi connectivity index (χ4v) is 5.07. The van der Waals surface area contributed by atoms with Crippen LogP contribution in [0.25, 0.3) is 0 Å². The minimum absolute atomic E-state index is 0.0767. The largest absolute Gasteiger partial charge is 0.450 e. The van der Waals surface area contributed by atoms with Crippen LogP contribution in [-0.2, 0) is 4.52 Å². The average Bonchev–Trinajstić information content (AvgIpc) is 3.67. The van der Waals surface area contributed by atoms with Crippen LogP contribution in [0.4, 0.5) is 18.9 Å². The molecule has 4 rings (SSSR count). The minimum atomic E-state index is -4.74. The maximum atomic E-state index is 14.0. The molecule has 2 aliphatic heterocycles. The van der Waals surface area contributed by atoms with Gasteiger partial charge < -0.3 is 14.2 Å². The number of nitrogens with zero attached hydrogens (tertiary/aromatic N) is 4. The lowest BCUT2D eigenvalue weighted by molar-refractivity contribution is -0.385. The van der Waals surface area contributed by atoms with Crippen molar-refractivity contribution >= 4 is 20.0 Å². The monoisotopic (exact) mass is 498 g/mol. The number of nitro groups is 1. The fraction of sp³-hybridized carbons (Fsp3) is 0.381. The molecule has 2 heterocycles. The summed E-state index contributed by atoms with van der Waals surface area (Å²) in [5.74, 6) is -0.622. The lowest BCUT2D eigenvalue weighted by Gasteiger charge is -2.27. The molecule has 1 unspecified atom stereocenters. The van der Waals surface area contributed by atoms with Gasteiger partial charge in [0, 0.05) is 51.9 Å². The van der Waals surface area contributed by atoms with E-state index in [-0.39, 0.29) is 28.5 Å². The molecule has 13 heteroatoms. The smallest absolute Gasteiger partial charge is 0.419 e. The van der Waals surface area contributed by atoms with E-state index < -0.39 is 31.3 Å². The van der Waals surface area contributed by atoms with E-state index in [0.717, 1.165) is 18.2 Å². The molecule has 1 amide bonds. The van der Waals surface area contributed by atoms with Gasteiger partial charge in [-0.2, -0.15) is 13.2 Å². The molecule has 0 N–H and O–H groups in total. The Balaban J connectivity index is 1.66. The molecule has 2 aliphatic rings. The first-order valence-electron chi connectivity index (χ1n) is 10.4. The van der Waals surface area contributed by atoms with E-state index >= 15 is 0 Å². The number of nitro benzene ring substituents is 1. The third-order valence-corrected chi connectivity index (χ3v) is 7.19. The van der Waals surface area contributed by atoms with E-state index in [1.54, 1.807) is 14.1 Å². The van der Waals surface area contributed by atoms with Gasteiger partial charge in [-0.15, -0.1) is 0 Å². The number of halogens is 3. The SMILES string of the molecule is CN(C)C(=O)c1cccc(Oc2cc(C(OP(N3CC3)N3CC3)C(F)(F)F)ccc2[N+](=O)[O-])c1. The lowest BCUT2D eigenvalue weighted by atomic mass is 10.1.